The number of thioether (sulfide) groups is 7. The van der Waals surface area contributed by atoms with Gasteiger partial charge in [0.25, 0.3) is 0 Å². The molecule has 41 atom stereocenters. The van der Waals surface area contributed by atoms with Crippen LogP contribution in [0.1, 0.15) is 51.4 Å². The van der Waals surface area contributed by atoms with Gasteiger partial charge in [0.15, 0.2) is 50.3 Å². The number of hydrogen-bond donors (Lipinski definition) is 24. The molecule has 0 amide bonds. The smallest absolute Gasteiger partial charge is 0.304 e. The maximum atomic E-state index is 13.9. The van der Waals surface area contributed by atoms with E-state index in [0.29, 0.717) is 0 Å². The molecule has 30 heterocycles. The van der Waals surface area contributed by atoms with Gasteiger partial charge in [0.2, 0.25) is 0 Å². The second-order valence-corrected chi connectivity index (χ2v) is 40.7. The van der Waals surface area contributed by atoms with Crippen molar-refractivity contribution >= 4 is 141 Å². The number of rotatable bonds is 40. The van der Waals surface area contributed by atoms with Gasteiger partial charge < -0.3 is 198 Å². The molecule has 30 aliphatic heterocycles. The van der Waals surface area contributed by atoms with E-state index < -0.39 is 402 Å². The highest BCUT2D eigenvalue weighted by Gasteiger charge is 2.61. The number of carboxylic acids is 8. The lowest BCUT2D eigenvalue weighted by atomic mass is 9.95. The fraction of sp³-hybridized carbons (Fsp3) is 0.889. The molecule has 30 fully saturated rings. The minimum atomic E-state index is -2.42. The summed E-state index contributed by atoms with van der Waals surface area (Å²) in [6.45, 7) is 0. The zero-order valence-corrected chi connectivity index (χ0v) is 74.8. The molecule has 49 nitrogen and oxygen atoms in total. The third-order valence-electron chi connectivity index (χ3n) is 21.5. The van der Waals surface area contributed by atoms with E-state index in [2.05, 4.69) is 0 Å². The second kappa shape index (κ2) is 52.7. The number of hydrogen-bond acceptors (Lipinski definition) is 48. The Balaban J connectivity index is 1.12. The first-order valence-corrected chi connectivity index (χ1v) is 50.2. The Morgan fingerprint density at radius 2 is 0.326 bits per heavy atom. The molecule has 0 aliphatic carbocycles. The standard InChI is InChI=1S/C72H112O49S8/c73-33(74)1-9-122-17-25-57-41(89)49(97)65(106-25)115-58-26(18-123-10-2-34(75)76)108-67(51(99)43(58)91)117-60-28(20-125-12-4-36(79)80)110-69(53(101)45(60)93)119-62-30(22-127-14-6-38(83)84)112-71(55(103)47(62)95)121-64-32(24-129(105)16-8-40(87)88)113-72(56(104)48(64)96)120-63-31(23-128-15-7-39(85)86)111-70(54(102)46(63)94)118-61-29(21-126-13-5-37(81)82)109-68(52(100)44(61)92)116-59-27(19-124-11-3-35(77)78)107-66(114-57)50(98)42(59)90/h25-32,41-72,89-104H,1-24H2,(H,73,74)(H,75,76)(H,77,78)(H,79,80)(H,81,82)(H,83,84)(H,85,86)(H,87,88)/t25-,26-,27-,28-,29-,30-,31-,32-,41-,42-,43-,44-,45-,46-,47-,48-,49+,50-,51-,52-,53-,54-,55-,56+,57-,58+,59-,60+,61+,62-,63+,64-,65-,66-,67+,68+,69+,70+,71-,72-,129?/m1/s1. The van der Waals surface area contributed by atoms with Crippen LogP contribution < -0.4 is 0 Å². The van der Waals surface area contributed by atoms with Gasteiger partial charge in [-0.1, -0.05) is 0 Å². The van der Waals surface area contributed by atoms with Gasteiger partial charge in [0.1, 0.15) is 153 Å². The van der Waals surface area contributed by atoms with E-state index in [1.54, 1.807) is 0 Å². The van der Waals surface area contributed by atoms with Gasteiger partial charge >= 0.3 is 47.8 Å². The molecule has 0 aromatic rings. The first kappa shape index (κ1) is 110. The van der Waals surface area contributed by atoms with E-state index in [9.17, 15) is 165 Å². The summed E-state index contributed by atoms with van der Waals surface area (Å²) in [6.07, 6.45) is -88.2. The normalized spacial score (nSPS) is 41.5. The van der Waals surface area contributed by atoms with Crippen LogP contribution in [0.15, 0.2) is 0 Å². The lowest BCUT2D eigenvalue weighted by Crippen LogP contribution is -2.69. The Morgan fingerprint density at radius 3 is 0.465 bits per heavy atom. The summed E-state index contributed by atoms with van der Waals surface area (Å²) in [5, 5.41) is 272. The maximum absolute atomic E-state index is 13.9. The Bertz CT molecular complexity index is 3450. The first-order chi connectivity index (χ1) is 61.1. The molecular weight excluding hydrogens is 1910 g/mol. The molecule has 0 aromatic heterocycles. The Hall–Kier alpha value is -2.92. The summed E-state index contributed by atoms with van der Waals surface area (Å²) < 4.78 is 114. The largest absolute Gasteiger partial charge is 0.481 e. The number of aliphatic hydroxyl groups excluding tert-OH is 16. The highest BCUT2D eigenvalue weighted by molar-refractivity contribution is 8.00. The Labute approximate surface area is 766 Å². The van der Waals surface area contributed by atoms with Gasteiger partial charge in [-0.2, -0.15) is 82.3 Å². The quantitative estimate of drug-likeness (QED) is 0.0253. The van der Waals surface area contributed by atoms with E-state index in [4.69, 9.17) is 75.8 Å². The third kappa shape index (κ3) is 31.0. The van der Waals surface area contributed by atoms with E-state index in [1.807, 2.05) is 0 Å². The van der Waals surface area contributed by atoms with Crippen LogP contribution in [0.5, 0.6) is 0 Å². The van der Waals surface area contributed by atoms with E-state index in [-0.39, 0.29) is 46.0 Å². The highest BCUT2D eigenvalue weighted by Crippen LogP contribution is 2.43. The Morgan fingerprint density at radius 1 is 0.194 bits per heavy atom. The van der Waals surface area contributed by atoms with Crippen LogP contribution in [0.4, 0.5) is 0 Å². The number of aliphatic carboxylic acids is 8. The molecule has 30 rings (SSSR count). The van der Waals surface area contributed by atoms with E-state index in [0.717, 1.165) is 82.3 Å². The predicted octanol–water partition coefficient (Wildman–Crippen LogP) is -8.67. The number of aliphatic hydroxyl groups is 16. The topological polar surface area (TPSA) is 787 Å². The van der Waals surface area contributed by atoms with Crippen LogP contribution in [0, 0.1) is 0 Å². The van der Waals surface area contributed by atoms with Crippen molar-refractivity contribution in [1.29, 1.82) is 0 Å². The molecule has 0 spiro atoms. The van der Waals surface area contributed by atoms with E-state index >= 15 is 0 Å². The molecular formula is C72H112O49S8. The number of carbonyl (C=O) groups is 8. The predicted molar refractivity (Wildman–Crippen MR) is 442 cm³/mol. The van der Waals surface area contributed by atoms with Crippen LogP contribution >= 0.6 is 82.3 Å². The SMILES string of the molecule is O=C(O)CCSC[C@H]1O[C@H]2O[C@@H]3[C@H](O)[C@@H](O)[C@H](O[C@H]4[C@H](O)[C@@H](O)[C@@H](O[C@H]5[C@H](O)[C@H](O)[C@@H](O[C@@H]6[C@H](O)[C@@H](O)[C@H](O[C@@H]7[C@H](O)[C@@H](O)[C@H](O[C@H]8[C@H](O)[C@@H](O)[C@@H](O[C@H]9[C@H](O)[C@H](O)[C@@H](O[C@@H]1[C@H](O)[C@H]2O)O[C@@H]9CSCCC(=O)O)O[C@@H]8CSCCC(=O)O)O[C@@H]7CSCCC(=O)O)O[C@@H]6CSCCC(=O)O)O[C@@H]5CS(=O)CCC(=O)O)O[C@@H]4CSCCC(=O)O)O[C@@H]3CSCCC(=O)O. The van der Waals surface area contributed by atoms with Gasteiger partial charge in [-0.3, -0.25) is 42.6 Å². The lowest BCUT2D eigenvalue weighted by Gasteiger charge is -2.51. The number of carboxylic acid groups (broad SMARTS) is 8. The molecule has 1 unspecified atom stereocenters. The summed E-state index contributed by atoms with van der Waals surface area (Å²) in [5.41, 5.74) is 0. The molecule has 30 saturated heterocycles. The van der Waals surface area contributed by atoms with Gasteiger partial charge in [-0.25, -0.2) is 0 Å². The second-order valence-electron chi connectivity index (χ2n) is 31.0. The minimum absolute atomic E-state index is 0.166. The molecule has 24 N–H and O–H groups in total. The third-order valence-corrected chi connectivity index (χ3v) is 30.3. The van der Waals surface area contributed by atoms with Crippen molar-refractivity contribution in [2.75, 3.05) is 92.0 Å². The Kier molecular flexibility index (Phi) is 44.9. The van der Waals surface area contributed by atoms with Gasteiger partial charge in [0.05, 0.1) is 99.8 Å². The van der Waals surface area contributed by atoms with Crippen LogP contribution in [0.3, 0.4) is 0 Å². The molecule has 0 radical (unpaired) electrons. The average Bonchev–Trinajstić information content (AvgIpc) is 0.769. The van der Waals surface area contributed by atoms with Gasteiger partial charge in [-0.15, -0.1) is 0 Å². The molecule has 30 aliphatic rings. The van der Waals surface area contributed by atoms with Crippen molar-refractivity contribution in [3.63, 3.8) is 0 Å². The zero-order chi connectivity index (χ0) is 94.5. The monoisotopic (exact) mass is 2020 g/mol. The highest BCUT2D eigenvalue weighted by atomic mass is 32.2. The molecule has 0 saturated carbocycles. The van der Waals surface area contributed by atoms with Crippen LogP contribution in [0.25, 0.3) is 0 Å². The summed E-state index contributed by atoms with van der Waals surface area (Å²) in [7, 11) is -2.31. The van der Waals surface area contributed by atoms with Gasteiger partial charge in [0, 0.05) is 97.1 Å². The van der Waals surface area contributed by atoms with Crippen LogP contribution in [-0.2, 0) is 125 Å². The van der Waals surface area contributed by atoms with Crippen molar-refractivity contribution in [1.82, 2.24) is 0 Å². The maximum Gasteiger partial charge on any atom is 0.304 e. The van der Waals surface area contributed by atoms with Crippen molar-refractivity contribution in [3.8, 4) is 0 Å². The van der Waals surface area contributed by atoms with Crippen molar-refractivity contribution < 1.29 is 241 Å². The van der Waals surface area contributed by atoms with Gasteiger partial charge in [-0.05, 0) is 0 Å². The van der Waals surface area contributed by atoms with Crippen molar-refractivity contribution in [3.05, 3.63) is 0 Å². The molecule has 16 bridgehead atoms. The molecule has 129 heavy (non-hydrogen) atoms. The summed E-state index contributed by atoms with van der Waals surface area (Å²) >= 11 is 6.02. The summed E-state index contributed by atoms with van der Waals surface area (Å²) in [5.74, 6) is -15.9. The zero-order valence-electron chi connectivity index (χ0n) is 68.3. The average molecular weight is 2020 g/mol. The van der Waals surface area contributed by atoms with E-state index in [1.165, 1.54) is 0 Å². The molecule has 742 valence electrons. The van der Waals surface area contributed by atoms with Crippen molar-refractivity contribution in [2.24, 2.45) is 0 Å². The summed E-state index contributed by atoms with van der Waals surface area (Å²) in [4.78, 5) is 94.4. The number of ether oxygens (including phenoxy) is 16. The molecule has 0 aromatic carbocycles. The van der Waals surface area contributed by atoms with Crippen LogP contribution in [-0.4, -0.2) is 512 Å². The summed E-state index contributed by atoms with van der Waals surface area (Å²) in [6, 6.07) is 0. The fourth-order valence-electron chi connectivity index (χ4n) is 14.8. The molecule has 57 heteroatoms. The van der Waals surface area contributed by atoms with Crippen LogP contribution in [0.2, 0.25) is 0 Å². The first-order valence-electron chi connectivity index (χ1n) is 40.6. The fourth-order valence-corrected chi connectivity index (χ4v) is 22.9. The minimum Gasteiger partial charge on any atom is -0.481 e. The van der Waals surface area contributed by atoms with Crippen molar-refractivity contribution in [2.45, 2.75) is 297 Å². The lowest BCUT2D eigenvalue weighted by molar-refractivity contribution is -0.396.